The summed E-state index contributed by atoms with van der Waals surface area (Å²) < 4.78 is 5.30. The molecule has 0 unspecified atom stereocenters. The van der Waals surface area contributed by atoms with Crippen molar-refractivity contribution in [2.75, 3.05) is 12.8 Å². The Morgan fingerprint density at radius 2 is 1.88 bits per heavy atom. The third kappa shape index (κ3) is 3.38. The highest BCUT2D eigenvalue weighted by Crippen LogP contribution is 2.29. The quantitative estimate of drug-likeness (QED) is 0.747. The maximum absolute atomic E-state index is 12.6. The third-order valence-corrected chi connectivity index (χ3v) is 4.41. The number of carbonyl (C=O) groups excluding carboxylic acids is 1. The van der Waals surface area contributed by atoms with Crippen molar-refractivity contribution >= 4 is 22.4 Å². The summed E-state index contributed by atoms with van der Waals surface area (Å²) in [5, 5.41) is 3.28. The number of nitrogens with zero attached hydrogens (tertiary/aromatic N) is 1. The lowest BCUT2D eigenvalue weighted by Gasteiger charge is -2.09. The summed E-state index contributed by atoms with van der Waals surface area (Å²) in [7, 11) is 1.61. The summed E-state index contributed by atoms with van der Waals surface area (Å²) in [6.07, 6.45) is 0. The van der Waals surface area contributed by atoms with E-state index in [4.69, 9.17) is 10.5 Å². The molecule has 122 valence electrons. The predicted molar refractivity (Wildman–Crippen MR) is 96.1 cm³/mol. The van der Waals surface area contributed by atoms with E-state index in [1.807, 2.05) is 54.6 Å². The van der Waals surface area contributed by atoms with Crippen LogP contribution in [0.5, 0.6) is 5.75 Å². The molecule has 3 N–H and O–H groups in total. The fraction of sp³-hybridized carbons (Fsp3) is 0.111. The van der Waals surface area contributed by atoms with Crippen LogP contribution >= 0.6 is 11.3 Å². The zero-order valence-electron chi connectivity index (χ0n) is 13.2. The Balaban J connectivity index is 1.81. The van der Waals surface area contributed by atoms with Crippen LogP contribution in [0.1, 0.15) is 15.2 Å². The number of ether oxygens (including phenoxy) is 1. The fourth-order valence-electron chi connectivity index (χ4n) is 2.39. The first-order chi connectivity index (χ1) is 11.7. The molecule has 6 heteroatoms. The van der Waals surface area contributed by atoms with Crippen molar-refractivity contribution in [3.8, 4) is 17.0 Å². The second-order valence-electron chi connectivity index (χ2n) is 5.09. The molecule has 1 amide bonds. The van der Waals surface area contributed by atoms with E-state index in [1.54, 1.807) is 7.11 Å². The molecule has 2 aromatic carbocycles. The number of hydrogen-bond donors (Lipinski definition) is 2. The van der Waals surface area contributed by atoms with Gasteiger partial charge in [0.15, 0.2) is 5.13 Å². The zero-order chi connectivity index (χ0) is 16.9. The molecule has 3 rings (SSSR count). The predicted octanol–water partition coefficient (Wildman–Crippen LogP) is 3.33. The van der Waals surface area contributed by atoms with Gasteiger partial charge in [0.25, 0.3) is 5.91 Å². The highest BCUT2D eigenvalue weighted by Gasteiger charge is 2.18. The Morgan fingerprint density at radius 1 is 1.17 bits per heavy atom. The van der Waals surface area contributed by atoms with Crippen LogP contribution in [0.3, 0.4) is 0 Å². The normalized spacial score (nSPS) is 10.4. The van der Waals surface area contributed by atoms with Gasteiger partial charge in [0.05, 0.1) is 12.8 Å². The highest BCUT2D eigenvalue weighted by atomic mass is 32.1. The van der Waals surface area contributed by atoms with Crippen LogP contribution < -0.4 is 15.8 Å². The minimum Gasteiger partial charge on any atom is -0.496 e. The van der Waals surface area contributed by atoms with Crippen LogP contribution in [0.2, 0.25) is 0 Å². The topological polar surface area (TPSA) is 77.2 Å². The number of anilines is 1. The molecule has 0 bridgehead atoms. The second kappa shape index (κ2) is 7.14. The number of carbonyl (C=O) groups is 1. The van der Waals surface area contributed by atoms with Crippen molar-refractivity contribution in [2.24, 2.45) is 0 Å². The Kier molecular flexibility index (Phi) is 4.77. The lowest BCUT2D eigenvalue weighted by molar-refractivity contribution is 0.0955. The van der Waals surface area contributed by atoms with Gasteiger partial charge in [-0.1, -0.05) is 59.9 Å². The molecule has 0 aliphatic heterocycles. The smallest absolute Gasteiger partial charge is 0.264 e. The number of nitrogens with one attached hydrogen (secondary N) is 1. The Labute approximate surface area is 144 Å². The summed E-state index contributed by atoms with van der Waals surface area (Å²) >= 11 is 1.19. The number of hydrogen-bond acceptors (Lipinski definition) is 5. The van der Waals surface area contributed by atoms with Gasteiger partial charge in [-0.3, -0.25) is 4.79 Å². The van der Waals surface area contributed by atoms with Crippen molar-refractivity contribution in [1.82, 2.24) is 10.3 Å². The summed E-state index contributed by atoms with van der Waals surface area (Å²) in [5.41, 5.74) is 8.20. The molecule has 1 heterocycles. The first kappa shape index (κ1) is 16.0. The minimum atomic E-state index is -0.200. The van der Waals surface area contributed by atoms with E-state index in [0.29, 0.717) is 22.2 Å². The van der Waals surface area contributed by atoms with Gasteiger partial charge in [-0.05, 0) is 6.07 Å². The average Bonchev–Trinajstić information content (AvgIpc) is 3.02. The van der Waals surface area contributed by atoms with E-state index in [-0.39, 0.29) is 5.91 Å². The van der Waals surface area contributed by atoms with E-state index in [1.165, 1.54) is 11.3 Å². The van der Waals surface area contributed by atoms with Crippen LogP contribution in [0.15, 0.2) is 54.6 Å². The van der Waals surface area contributed by atoms with Gasteiger partial charge >= 0.3 is 0 Å². The maximum atomic E-state index is 12.6. The lowest BCUT2D eigenvalue weighted by atomic mass is 10.1. The van der Waals surface area contributed by atoms with Gasteiger partial charge in [0.1, 0.15) is 10.6 Å². The molecule has 1 aromatic heterocycles. The molecule has 0 spiro atoms. The van der Waals surface area contributed by atoms with Gasteiger partial charge in [0.2, 0.25) is 0 Å². The maximum Gasteiger partial charge on any atom is 0.264 e. The first-order valence-electron chi connectivity index (χ1n) is 7.41. The molecule has 0 radical (unpaired) electrons. The molecular weight excluding hydrogens is 322 g/mol. The van der Waals surface area contributed by atoms with Gasteiger partial charge < -0.3 is 15.8 Å². The van der Waals surface area contributed by atoms with E-state index < -0.39 is 0 Å². The summed E-state index contributed by atoms with van der Waals surface area (Å²) in [6, 6.07) is 17.1. The molecule has 3 aromatic rings. The summed E-state index contributed by atoms with van der Waals surface area (Å²) in [4.78, 5) is 17.4. The number of thiazole rings is 1. The van der Waals surface area contributed by atoms with E-state index >= 15 is 0 Å². The van der Waals surface area contributed by atoms with E-state index in [9.17, 15) is 4.79 Å². The molecule has 0 saturated heterocycles. The van der Waals surface area contributed by atoms with Crippen LogP contribution in [0.4, 0.5) is 5.13 Å². The van der Waals surface area contributed by atoms with E-state index in [0.717, 1.165) is 16.9 Å². The standard InChI is InChI=1S/C18H17N3O2S/c1-23-14-10-6-5-9-13(14)11-20-17(22)16-15(21-18(19)24-16)12-7-3-2-4-8-12/h2-10H,11H2,1H3,(H2,19,21)(H,20,22). The summed E-state index contributed by atoms with van der Waals surface area (Å²) in [5.74, 6) is 0.541. The number of nitrogens with two attached hydrogens (primary N) is 1. The number of amides is 1. The molecule has 0 fully saturated rings. The SMILES string of the molecule is COc1ccccc1CNC(=O)c1sc(N)nc1-c1ccccc1. The van der Waals surface area contributed by atoms with Gasteiger partial charge in [-0.25, -0.2) is 4.98 Å². The molecule has 5 nitrogen and oxygen atoms in total. The lowest BCUT2D eigenvalue weighted by Crippen LogP contribution is -2.22. The van der Waals surface area contributed by atoms with Crippen molar-refractivity contribution in [3.05, 3.63) is 65.0 Å². The Morgan fingerprint density at radius 3 is 2.62 bits per heavy atom. The molecule has 0 aliphatic carbocycles. The van der Waals surface area contributed by atoms with Crippen molar-refractivity contribution < 1.29 is 9.53 Å². The third-order valence-electron chi connectivity index (χ3n) is 3.53. The van der Waals surface area contributed by atoms with Crippen LogP contribution in [-0.4, -0.2) is 18.0 Å². The van der Waals surface area contributed by atoms with Crippen molar-refractivity contribution in [1.29, 1.82) is 0 Å². The van der Waals surface area contributed by atoms with Gasteiger partial charge in [-0.15, -0.1) is 0 Å². The monoisotopic (exact) mass is 339 g/mol. The first-order valence-corrected chi connectivity index (χ1v) is 8.22. The van der Waals surface area contributed by atoms with Crippen LogP contribution in [0.25, 0.3) is 11.3 Å². The summed E-state index contributed by atoms with van der Waals surface area (Å²) in [6.45, 7) is 0.370. The van der Waals surface area contributed by atoms with Crippen LogP contribution in [0, 0.1) is 0 Å². The minimum absolute atomic E-state index is 0.200. The number of methoxy groups -OCH3 is 1. The van der Waals surface area contributed by atoms with E-state index in [2.05, 4.69) is 10.3 Å². The van der Waals surface area contributed by atoms with Crippen molar-refractivity contribution in [3.63, 3.8) is 0 Å². The van der Waals surface area contributed by atoms with Crippen LogP contribution in [-0.2, 0) is 6.54 Å². The van der Waals surface area contributed by atoms with Gasteiger partial charge in [-0.2, -0.15) is 0 Å². The molecular formula is C18H17N3O2S. The highest BCUT2D eigenvalue weighted by molar-refractivity contribution is 7.17. The molecule has 0 saturated carbocycles. The fourth-order valence-corrected chi connectivity index (χ4v) is 3.16. The molecule has 24 heavy (non-hydrogen) atoms. The largest absolute Gasteiger partial charge is 0.496 e. The molecule has 0 atom stereocenters. The average molecular weight is 339 g/mol. The Bertz CT molecular complexity index is 846. The number of para-hydroxylation sites is 1. The second-order valence-corrected chi connectivity index (χ2v) is 6.12. The van der Waals surface area contributed by atoms with Gasteiger partial charge in [0, 0.05) is 17.7 Å². The molecule has 0 aliphatic rings. The number of aromatic nitrogens is 1. The zero-order valence-corrected chi connectivity index (χ0v) is 14.0. The number of nitrogen functional groups attached to an aromatic ring is 1. The number of rotatable bonds is 5. The Hall–Kier alpha value is -2.86. The number of benzene rings is 2. The van der Waals surface area contributed by atoms with Crippen molar-refractivity contribution in [2.45, 2.75) is 6.54 Å².